The summed E-state index contributed by atoms with van der Waals surface area (Å²) < 4.78 is 0. The minimum absolute atomic E-state index is 0.0815. The van der Waals surface area contributed by atoms with Crippen LogP contribution >= 0.6 is 0 Å². The molecule has 0 aromatic heterocycles. The van der Waals surface area contributed by atoms with E-state index in [0.29, 0.717) is 6.04 Å². The summed E-state index contributed by atoms with van der Waals surface area (Å²) >= 11 is 0. The van der Waals surface area contributed by atoms with Gasteiger partial charge in [0, 0.05) is 44.3 Å². The second kappa shape index (κ2) is 7.44. The summed E-state index contributed by atoms with van der Waals surface area (Å²) in [4.78, 5) is 5.04. The highest BCUT2D eigenvalue weighted by Crippen LogP contribution is 2.11. The molecule has 0 unspecified atom stereocenters. The molecule has 1 aliphatic heterocycles. The molecule has 108 valence electrons. The summed E-state index contributed by atoms with van der Waals surface area (Å²) in [7, 11) is 0. The van der Waals surface area contributed by atoms with Crippen molar-refractivity contribution in [3.63, 3.8) is 0 Å². The number of nitrogens with zero attached hydrogens (tertiary/aromatic N) is 2. The zero-order valence-electron chi connectivity index (χ0n) is 12.5. The van der Waals surface area contributed by atoms with Crippen LogP contribution in [0.15, 0.2) is 24.3 Å². The van der Waals surface area contributed by atoms with Crippen LogP contribution < -0.4 is 0 Å². The quantitative estimate of drug-likeness (QED) is 0.846. The van der Waals surface area contributed by atoms with Crippen molar-refractivity contribution >= 4 is 0 Å². The summed E-state index contributed by atoms with van der Waals surface area (Å²) in [5.74, 6) is 5.59. The smallest absolute Gasteiger partial charge is 0.104 e. The number of aliphatic hydroxyl groups excluding tert-OH is 1. The van der Waals surface area contributed by atoms with Crippen molar-refractivity contribution in [3.8, 4) is 11.8 Å². The van der Waals surface area contributed by atoms with Crippen LogP contribution in [0.3, 0.4) is 0 Å². The average Bonchev–Trinajstić information content (AvgIpc) is 2.47. The monoisotopic (exact) mass is 272 g/mol. The van der Waals surface area contributed by atoms with Gasteiger partial charge in [-0.05, 0) is 31.5 Å². The van der Waals surface area contributed by atoms with Gasteiger partial charge in [0.25, 0.3) is 0 Å². The minimum atomic E-state index is -0.0815. The molecule has 0 amide bonds. The standard InChI is InChI=1S/C17H24N2O/c1-15(2)19-11-9-18(10-12-19)14-17-7-5-16(6-8-17)4-3-13-20/h5-8,15,20H,9-14H2,1-2H3. The largest absolute Gasteiger partial charge is 0.384 e. The molecule has 0 spiro atoms. The molecule has 0 bridgehead atoms. The van der Waals surface area contributed by atoms with Gasteiger partial charge in [0.1, 0.15) is 6.61 Å². The Hall–Kier alpha value is -1.34. The van der Waals surface area contributed by atoms with E-state index in [1.165, 1.54) is 5.56 Å². The van der Waals surface area contributed by atoms with E-state index >= 15 is 0 Å². The van der Waals surface area contributed by atoms with E-state index in [4.69, 9.17) is 5.11 Å². The first-order valence-corrected chi connectivity index (χ1v) is 7.34. The van der Waals surface area contributed by atoms with Crippen molar-refractivity contribution in [1.82, 2.24) is 9.80 Å². The number of piperazine rings is 1. The highest BCUT2D eigenvalue weighted by molar-refractivity contribution is 5.36. The summed E-state index contributed by atoms with van der Waals surface area (Å²) in [6, 6.07) is 8.98. The van der Waals surface area contributed by atoms with Gasteiger partial charge < -0.3 is 5.11 Å². The maximum Gasteiger partial charge on any atom is 0.104 e. The fourth-order valence-electron chi connectivity index (χ4n) is 2.53. The molecule has 20 heavy (non-hydrogen) atoms. The van der Waals surface area contributed by atoms with Crippen LogP contribution in [-0.2, 0) is 6.54 Å². The van der Waals surface area contributed by atoms with Crippen LogP contribution in [0.2, 0.25) is 0 Å². The fraction of sp³-hybridized carbons (Fsp3) is 0.529. The van der Waals surface area contributed by atoms with Crippen molar-refractivity contribution in [3.05, 3.63) is 35.4 Å². The van der Waals surface area contributed by atoms with E-state index in [2.05, 4.69) is 47.6 Å². The zero-order chi connectivity index (χ0) is 14.4. The summed E-state index contributed by atoms with van der Waals surface area (Å²) in [5.41, 5.74) is 2.30. The second-order valence-corrected chi connectivity index (χ2v) is 5.56. The molecule has 1 saturated heterocycles. The number of rotatable bonds is 3. The maximum absolute atomic E-state index is 8.67. The minimum Gasteiger partial charge on any atom is -0.384 e. The van der Waals surface area contributed by atoms with Crippen LogP contribution in [0.25, 0.3) is 0 Å². The molecule has 0 radical (unpaired) electrons. The highest BCUT2D eigenvalue weighted by Gasteiger charge is 2.18. The van der Waals surface area contributed by atoms with Crippen LogP contribution in [-0.4, -0.2) is 53.7 Å². The first-order chi connectivity index (χ1) is 9.69. The van der Waals surface area contributed by atoms with Crippen molar-refractivity contribution in [1.29, 1.82) is 0 Å². The van der Waals surface area contributed by atoms with E-state index in [-0.39, 0.29) is 6.61 Å². The molecule has 3 heteroatoms. The lowest BCUT2D eigenvalue weighted by atomic mass is 10.1. The molecule has 1 aliphatic rings. The van der Waals surface area contributed by atoms with Crippen molar-refractivity contribution < 1.29 is 5.11 Å². The summed E-state index contributed by atoms with van der Waals surface area (Å²) in [5, 5.41) is 8.67. The Balaban J connectivity index is 1.85. The molecule has 1 N–H and O–H groups in total. The molecule has 0 saturated carbocycles. The van der Waals surface area contributed by atoms with Gasteiger partial charge in [-0.2, -0.15) is 0 Å². The normalized spacial score (nSPS) is 17.0. The van der Waals surface area contributed by atoms with E-state index < -0.39 is 0 Å². The molecule has 2 rings (SSSR count). The van der Waals surface area contributed by atoms with E-state index in [1.54, 1.807) is 0 Å². The maximum atomic E-state index is 8.67. The molecule has 0 aliphatic carbocycles. The molecule has 3 nitrogen and oxygen atoms in total. The zero-order valence-corrected chi connectivity index (χ0v) is 12.5. The third kappa shape index (κ3) is 4.35. The van der Waals surface area contributed by atoms with E-state index in [0.717, 1.165) is 38.3 Å². The van der Waals surface area contributed by atoms with Crippen LogP contribution in [0.1, 0.15) is 25.0 Å². The number of hydrogen-bond donors (Lipinski definition) is 1. The number of benzene rings is 1. The van der Waals surface area contributed by atoms with Gasteiger partial charge in [-0.1, -0.05) is 24.0 Å². The predicted molar refractivity (Wildman–Crippen MR) is 82.4 cm³/mol. The van der Waals surface area contributed by atoms with Gasteiger partial charge in [-0.25, -0.2) is 0 Å². The van der Waals surface area contributed by atoms with Crippen molar-refractivity contribution in [2.24, 2.45) is 0 Å². The van der Waals surface area contributed by atoms with Crippen LogP contribution in [0.5, 0.6) is 0 Å². The lowest BCUT2D eigenvalue weighted by molar-refractivity contribution is 0.104. The van der Waals surface area contributed by atoms with E-state index in [9.17, 15) is 0 Å². The Kier molecular flexibility index (Phi) is 5.60. The van der Waals surface area contributed by atoms with Crippen molar-refractivity contribution in [2.75, 3.05) is 32.8 Å². The SMILES string of the molecule is CC(C)N1CCN(Cc2ccc(C#CCO)cc2)CC1. The fourth-order valence-corrected chi connectivity index (χ4v) is 2.53. The van der Waals surface area contributed by atoms with Crippen molar-refractivity contribution in [2.45, 2.75) is 26.4 Å². The molecule has 1 fully saturated rings. The Morgan fingerprint density at radius 3 is 2.30 bits per heavy atom. The third-order valence-corrected chi connectivity index (χ3v) is 3.81. The summed E-state index contributed by atoms with van der Waals surface area (Å²) in [6.45, 7) is 10.1. The van der Waals surface area contributed by atoms with Gasteiger partial charge in [-0.15, -0.1) is 0 Å². The van der Waals surface area contributed by atoms with E-state index in [1.807, 2.05) is 12.1 Å². The lowest BCUT2D eigenvalue weighted by Gasteiger charge is -2.36. The van der Waals surface area contributed by atoms with Gasteiger partial charge >= 0.3 is 0 Å². The van der Waals surface area contributed by atoms with Crippen LogP contribution in [0, 0.1) is 11.8 Å². The van der Waals surface area contributed by atoms with Gasteiger partial charge in [-0.3, -0.25) is 9.80 Å². The predicted octanol–water partition coefficient (Wildman–Crippen LogP) is 1.56. The topological polar surface area (TPSA) is 26.7 Å². The Bertz CT molecular complexity index is 462. The Morgan fingerprint density at radius 1 is 1.10 bits per heavy atom. The van der Waals surface area contributed by atoms with Gasteiger partial charge in [0.2, 0.25) is 0 Å². The number of aliphatic hydroxyl groups is 1. The van der Waals surface area contributed by atoms with Gasteiger partial charge in [0.15, 0.2) is 0 Å². The molecular formula is C17H24N2O. The molecule has 0 atom stereocenters. The lowest BCUT2D eigenvalue weighted by Crippen LogP contribution is -2.48. The highest BCUT2D eigenvalue weighted by atomic mass is 16.2. The number of hydrogen-bond acceptors (Lipinski definition) is 3. The van der Waals surface area contributed by atoms with Gasteiger partial charge in [0.05, 0.1) is 0 Å². The molecular weight excluding hydrogens is 248 g/mol. The third-order valence-electron chi connectivity index (χ3n) is 3.81. The Labute approximate surface area is 122 Å². The van der Waals surface area contributed by atoms with Crippen LogP contribution in [0.4, 0.5) is 0 Å². The average molecular weight is 272 g/mol. The Morgan fingerprint density at radius 2 is 1.75 bits per heavy atom. The summed E-state index contributed by atoms with van der Waals surface area (Å²) in [6.07, 6.45) is 0. The first kappa shape index (κ1) is 15.1. The molecule has 1 aromatic carbocycles. The molecule has 1 heterocycles. The first-order valence-electron chi connectivity index (χ1n) is 7.34. The second-order valence-electron chi connectivity index (χ2n) is 5.56. The molecule has 1 aromatic rings.